The van der Waals surface area contributed by atoms with Gasteiger partial charge in [0, 0.05) is 18.8 Å². The predicted octanol–water partition coefficient (Wildman–Crippen LogP) is 1.83. The van der Waals surface area contributed by atoms with Gasteiger partial charge in [0.15, 0.2) is 0 Å². The third kappa shape index (κ3) is 3.63. The van der Waals surface area contributed by atoms with Crippen molar-refractivity contribution in [3.63, 3.8) is 0 Å². The maximum atomic E-state index is 10.7. The third-order valence-corrected chi connectivity index (χ3v) is 1.93. The summed E-state index contributed by atoms with van der Waals surface area (Å²) in [7, 11) is 0. The van der Waals surface area contributed by atoms with Crippen molar-refractivity contribution in [2.45, 2.75) is 19.4 Å². The molecule has 0 amide bonds. The lowest BCUT2D eigenvalue weighted by molar-refractivity contribution is -0.384. The van der Waals surface area contributed by atoms with Crippen LogP contribution >= 0.6 is 11.6 Å². The van der Waals surface area contributed by atoms with Crippen LogP contribution in [0.25, 0.3) is 0 Å². The average molecular weight is 246 g/mol. The SMILES string of the molecule is CC(C)(O)CNc1ncc(Cl)cc1[N+](=O)[O-]. The number of nitrogens with one attached hydrogen (secondary N) is 1. The summed E-state index contributed by atoms with van der Waals surface area (Å²) < 4.78 is 0. The molecule has 0 bridgehead atoms. The third-order valence-electron chi connectivity index (χ3n) is 1.72. The van der Waals surface area contributed by atoms with Gasteiger partial charge in [-0.3, -0.25) is 10.1 Å². The summed E-state index contributed by atoms with van der Waals surface area (Å²) in [6, 6.07) is 1.21. The zero-order valence-electron chi connectivity index (χ0n) is 8.90. The Morgan fingerprint density at radius 2 is 2.31 bits per heavy atom. The molecular formula is C9H12ClN3O3. The lowest BCUT2D eigenvalue weighted by atomic mass is 10.1. The van der Waals surface area contributed by atoms with E-state index >= 15 is 0 Å². The minimum absolute atomic E-state index is 0.0940. The van der Waals surface area contributed by atoms with Crippen molar-refractivity contribution in [1.29, 1.82) is 0 Å². The van der Waals surface area contributed by atoms with Crippen molar-refractivity contribution >= 4 is 23.1 Å². The van der Waals surface area contributed by atoms with Crippen LogP contribution in [0.3, 0.4) is 0 Å². The molecule has 1 aromatic rings. The van der Waals surface area contributed by atoms with Crippen LogP contribution in [0.5, 0.6) is 0 Å². The number of nitro groups is 1. The molecule has 0 saturated carbocycles. The number of halogens is 1. The normalized spacial score (nSPS) is 11.2. The van der Waals surface area contributed by atoms with Crippen LogP contribution < -0.4 is 5.32 Å². The van der Waals surface area contributed by atoms with Crippen LogP contribution in [0.15, 0.2) is 12.3 Å². The topological polar surface area (TPSA) is 88.3 Å². The van der Waals surface area contributed by atoms with Gasteiger partial charge in [-0.05, 0) is 13.8 Å². The fourth-order valence-corrected chi connectivity index (χ4v) is 1.16. The number of hydrogen-bond donors (Lipinski definition) is 2. The molecule has 16 heavy (non-hydrogen) atoms. The van der Waals surface area contributed by atoms with Crippen molar-refractivity contribution in [3.05, 3.63) is 27.4 Å². The summed E-state index contributed by atoms with van der Waals surface area (Å²) in [6.45, 7) is 3.33. The van der Waals surface area contributed by atoms with Gasteiger partial charge in [0.2, 0.25) is 5.82 Å². The average Bonchev–Trinajstić information content (AvgIpc) is 2.14. The molecule has 0 atom stereocenters. The number of hydrogen-bond acceptors (Lipinski definition) is 5. The highest BCUT2D eigenvalue weighted by Gasteiger charge is 2.19. The first kappa shape index (κ1) is 12.7. The number of aromatic nitrogens is 1. The summed E-state index contributed by atoms with van der Waals surface area (Å²) in [6.07, 6.45) is 1.31. The largest absolute Gasteiger partial charge is 0.389 e. The van der Waals surface area contributed by atoms with Crippen molar-refractivity contribution in [2.24, 2.45) is 0 Å². The van der Waals surface area contributed by atoms with Crippen LogP contribution in [0.4, 0.5) is 11.5 Å². The number of rotatable bonds is 4. The number of aliphatic hydroxyl groups is 1. The summed E-state index contributed by atoms with van der Waals surface area (Å²) in [5.41, 5.74) is -1.19. The Morgan fingerprint density at radius 1 is 1.69 bits per heavy atom. The van der Waals surface area contributed by atoms with E-state index < -0.39 is 10.5 Å². The van der Waals surface area contributed by atoms with Gasteiger partial charge in [-0.15, -0.1) is 0 Å². The van der Waals surface area contributed by atoms with Crippen LogP contribution in [-0.4, -0.2) is 27.2 Å². The van der Waals surface area contributed by atoms with Gasteiger partial charge >= 0.3 is 5.69 Å². The number of pyridine rings is 1. The molecule has 0 saturated heterocycles. The Labute approximate surface area is 97.4 Å². The Hall–Kier alpha value is -1.40. The second kappa shape index (κ2) is 4.63. The van der Waals surface area contributed by atoms with Crippen LogP contribution in [0.2, 0.25) is 5.02 Å². The summed E-state index contributed by atoms with van der Waals surface area (Å²) >= 11 is 5.61. The number of anilines is 1. The molecule has 0 aliphatic carbocycles. The molecule has 1 heterocycles. The van der Waals surface area contributed by atoms with Crippen molar-refractivity contribution in [3.8, 4) is 0 Å². The summed E-state index contributed by atoms with van der Waals surface area (Å²) in [4.78, 5) is 13.9. The van der Waals surface area contributed by atoms with Gasteiger partial charge in [-0.1, -0.05) is 11.6 Å². The van der Waals surface area contributed by atoms with E-state index in [1.165, 1.54) is 12.3 Å². The molecular weight excluding hydrogens is 234 g/mol. The second-order valence-corrected chi connectivity index (χ2v) is 4.38. The standard InChI is InChI=1S/C9H12ClN3O3/c1-9(2,14)5-12-8-7(13(15)16)3-6(10)4-11-8/h3-4,14H,5H2,1-2H3,(H,11,12). The predicted molar refractivity (Wildman–Crippen MR) is 60.7 cm³/mol. The molecule has 6 nitrogen and oxygen atoms in total. The van der Waals surface area contributed by atoms with Crippen LogP contribution in [0.1, 0.15) is 13.8 Å². The quantitative estimate of drug-likeness (QED) is 0.624. The second-order valence-electron chi connectivity index (χ2n) is 3.94. The Balaban J connectivity index is 2.91. The van der Waals surface area contributed by atoms with Crippen LogP contribution in [0, 0.1) is 10.1 Å². The highest BCUT2D eigenvalue weighted by atomic mass is 35.5. The lowest BCUT2D eigenvalue weighted by Gasteiger charge is -2.17. The fourth-order valence-electron chi connectivity index (χ4n) is 1.00. The van der Waals surface area contributed by atoms with Gasteiger partial charge in [0.05, 0.1) is 15.5 Å². The van der Waals surface area contributed by atoms with E-state index in [1.54, 1.807) is 13.8 Å². The maximum absolute atomic E-state index is 10.7. The van der Waals surface area contributed by atoms with Gasteiger partial charge in [0.1, 0.15) is 0 Å². The van der Waals surface area contributed by atoms with Gasteiger partial charge in [0.25, 0.3) is 0 Å². The van der Waals surface area contributed by atoms with E-state index in [-0.39, 0.29) is 23.1 Å². The van der Waals surface area contributed by atoms with Gasteiger partial charge < -0.3 is 10.4 Å². The van der Waals surface area contributed by atoms with E-state index in [2.05, 4.69) is 10.3 Å². The Morgan fingerprint density at radius 3 is 2.81 bits per heavy atom. The summed E-state index contributed by atoms with van der Waals surface area (Å²) in [5.74, 6) is 0.0940. The monoisotopic (exact) mass is 245 g/mol. The van der Waals surface area contributed by atoms with E-state index in [0.717, 1.165) is 0 Å². The molecule has 0 unspecified atom stereocenters. The highest BCUT2D eigenvalue weighted by molar-refractivity contribution is 6.30. The van der Waals surface area contributed by atoms with E-state index in [1.807, 2.05) is 0 Å². The molecule has 0 aromatic carbocycles. The number of nitrogens with zero attached hydrogens (tertiary/aromatic N) is 2. The first-order valence-corrected chi connectivity index (χ1v) is 4.93. The van der Waals surface area contributed by atoms with Gasteiger partial charge in [-0.25, -0.2) is 4.98 Å². The van der Waals surface area contributed by atoms with E-state index in [4.69, 9.17) is 11.6 Å². The van der Waals surface area contributed by atoms with Crippen LogP contribution in [-0.2, 0) is 0 Å². The smallest absolute Gasteiger partial charge is 0.312 e. The Kier molecular flexibility index (Phi) is 3.66. The van der Waals surface area contributed by atoms with Crippen molar-refractivity contribution in [1.82, 2.24) is 4.98 Å². The minimum Gasteiger partial charge on any atom is -0.389 e. The molecule has 0 fully saturated rings. The molecule has 88 valence electrons. The molecule has 0 radical (unpaired) electrons. The molecule has 1 rings (SSSR count). The molecule has 0 spiro atoms. The minimum atomic E-state index is -0.977. The van der Waals surface area contributed by atoms with Gasteiger partial charge in [-0.2, -0.15) is 0 Å². The molecule has 0 aliphatic rings. The molecule has 7 heteroatoms. The molecule has 0 aliphatic heterocycles. The first-order valence-electron chi connectivity index (χ1n) is 4.56. The zero-order chi connectivity index (χ0) is 12.3. The first-order chi connectivity index (χ1) is 7.29. The lowest BCUT2D eigenvalue weighted by Crippen LogP contribution is -2.29. The zero-order valence-corrected chi connectivity index (χ0v) is 9.65. The van der Waals surface area contributed by atoms with E-state index in [9.17, 15) is 15.2 Å². The summed E-state index contributed by atoms with van der Waals surface area (Å²) in [5, 5.41) is 23.1. The molecule has 1 aromatic heterocycles. The van der Waals surface area contributed by atoms with Crippen molar-refractivity contribution in [2.75, 3.05) is 11.9 Å². The van der Waals surface area contributed by atoms with E-state index in [0.29, 0.717) is 0 Å². The fraction of sp³-hybridized carbons (Fsp3) is 0.444. The van der Waals surface area contributed by atoms with Crippen molar-refractivity contribution < 1.29 is 10.0 Å². The Bertz CT molecular complexity index is 403. The highest BCUT2D eigenvalue weighted by Crippen LogP contribution is 2.25. The molecule has 2 N–H and O–H groups in total. The maximum Gasteiger partial charge on any atom is 0.312 e.